The summed E-state index contributed by atoms with van der Waals surface area (Å²) in [5, 5.41) is 22.1. The third-order valence-electron chi connectivity index (χ3n) is 16.0. The van der Waals surface area contributed by atoms with Crippen LogP contribution in [0, 0.1) is 25.7 Å². The number of ether oxygens (including phenoxy) is 4. The number of halogens is 1. The number of aromatic nitrogens is 2. The first kappa shape index (κ1) is 70.5. The molecule has 2 aliphatic rings. The van der Waals surface area contributed by atoms with Crippen LogP contribution in [0.1, 0.15) is 95.0 Å². The van der Waals surface area contributed by atoms with E-state index < -0.39 is 77.6 Å². The average Bonchev–Trinajstić information content (AvgIpc) is 1.63. The highest BCUT2D eigenvalue weighted by Crippen LogP contribution is 2.47. The molecule has 0 saturated carbocycles. The van der Waals surface area contributed by atoms with Crippen LogP contribution in [0.3, 0.4) is 0 Å². The molecule has 27 nitrogen and oxygen atoms in total. The predicted molar refractivity (Wildman–Crippen MR) is 351 cm³/mol. The van der Waals surface area contributed by atoms with Gasteiger partial charge >= 0.3 is 30.3 Å². The number of aromatic amines is 1. The molecule has 0 spiro atoms. The third-order valence-corrected chi connectivity index (χ3v) is 16.4. The van der Waals surface area contributed by atoms with E-state index in [2.05, 4.69) is 31.2 Å². The minimum Gasteiger partial charge on any atom is -0.481 e. The molecule has 8 N–H and O–H groups in total. The number of hydrogen-bond donors (Lipinski definition) is 7. The number of H-pyrrole nitrogens is 1. The van der Waals surface area contributed by atoms with Gasteiger partial charge in [0.15, 0.2) is 5.78 Å². The Morgan fingerprint density at radius 1 is 0.842 bits per heavy atom. The summed E-state index contributed by atoms with van der Waals surface area (Å²) in [4.78, 5) is 155. The molecular weight excluding hydrogens is 1250 g/mol. The van der Waals surface area contributed by atoms with E-state index in [4.69, 9.17) is 36.3 Å². The molecule has 0 unspecified atom stereocenters. The molecule has 502 valence electrons. The smallest absolute Gasteiger partial charge is 0.415 e. The minimum absolute atomic E-state index is 0.0157. The zero-order valence-corrected chi connectivity index (χ0v) is 54.0. The van der Waals surface area contributed by atoms with E-state index >= 15 is 0 Å². The molecule has 2 aliphatic heterocycles. The summed E-state index contributed by atoms with van der Waals surface area (Å²) in [5.74, 6) is -5.07. The number of amides is 10. The SMILES string of the molecule is Cc1ccc(C(=O)Nc2cnc3[nH]c(C(=O)N4C[C@@H](CCl)c5c4cc(OC(=O)N(CCCC(=O)O)CCN(C)C(=O)OCc4ccc(NC(=O)[C@H](CCCNC(N)=O)CC(=O)[C@@H](NC(=O)OCCOCCN6C(=O)C=CC6=O)C(C)C)cc4)c4cccc(C)c54)cc3c2)cc1. The Hall–Kier alpha value is -10.4. The number of carbonyl (C=O) groups is 11. The molecule has 0 fully saturated rings. The number of fused-ring (bicyclic) bond motifs is 4. The second kappa shape index (κ2) is 32.9. The number of aryl methyl sites for hydroxylation is 2. The van der Waals surface area contributed by atoms with Crippen molar-refractivity contribution in [3.63, 3.8) is 0 Å². The highest BCUT2D eigenvalue weighted by atomic mass is 35.5. The zero-order valence-electron chi connectivity index (χ0n) is 53.2. The van der Waals surface area contributed by atoms with Gasteiger partial charge in [0.25, 0.3) is 23.6 Å². The molecule has 8 rings (SSSR count). The Kier molecular flexibility index (Phi) is 24.4. The van der Waals surface area contributed by atoms with Crippen molar-refractivity contribution in [2.75, 3.05) is 87.6 Å². The lowest BCUT2D eigenvalue weighted by molar-refractivity contribution is -0.138. The van der Waals surface area contributed by atoms with Crippen LogP contribution >= 0.6 is 11.6 Å². The normalized spacial score (nSPS) is 13.9. The zero-order chi connectivity index (χ0) is 68.5. The van der Waals surface area contributed by atoms with Crippen molar-refractivity contribution in [3.05, 3.63) is 137 Å². The van der Waals surface area contributed by atoms with Crippen LogP contribution < -0.4 is 36.6 Å². The number of anilines is 3. The molecule has 0 radical (unpaired) electrons. The van der Waals surface area contributed by atoms with Crippen molar-refractivity contribution in [2.45, 2.75) is 78.4 Å². The van der Waals surface area contributed by atoms with Crippen LogP contribution in [-0.2, 0) is 44.8 Å². The number of carboxylic acid groups (broad SMARTS) is 1. The number of rotatable bonds is 31. The monoisotopic (exact) mass is 1330 g/mol. The lowest BCUT2D eigenvalue weighted by atomic mass is 9.89. The lowest BCUT2D eigenvalue weighted by Crippen LogP contribution is -2.46. The molecule has 0 saturated heterocycles. The van der Waals surface area contributed by atoms with Crippen molar-refractivity contribution in [1.29, 1.82) is 0 Å². The number of benzene rings is 4. The van der Waals surface area contributed by atoms with Gasteiger partial charge in [0.05, 0.1) is 43.4 Å². The van der Waals surface area contributed by atoms with E-state index in [1.807, 2.05) is 38.1 Å². The molecule has 3 atom stereocenters. The van der Waals surface area contributed by atoms with Crippen LogP contribution in [0.25, 0.3) is 21.8 Å². The number of aliphatic carboxylic acids is 1. The third kappa shape index (κ3) is 18.9. The molecule has 95 heavy (non-hydrogen) atoms. The van der Waals surface area contributed by atoms with Crippen LogP contribution in [-0.4, -0.2) is 173 Å². The number of carbonyl (C=O) groups excluding carboxylic acids is 10. The number of primary amides is 1. The van der Waals surface area contributed by atoms with Gasteiger partial charge in [0.2, 0.25) is 5.91 Å². The number of alkyl carbamates (subject to hydrolysis) is 1. The molecular formula is C67H76ClN11O16. The summed E-state index contributed by atoms with van der Waals surface area (Å²) < 4.78 is 22.4. The summed E-state index contributed by atoms with van der Waals surface area (Å²) >= 11 is 6.65. The molecule has 4 heterocycles. The number of imide groups is 1. The van der Waals surface area contributed by atoms with Gasteiger partial charge in [0.1, 0.15) is 30.3 Å². The number of nitrogens with zero attached hydrogens (tertiary/aromatic N) is 5. The first-order valence-corrected chi connectivity index (χ1v) is 31.4. The topological polar surface area (TPSA) is 361 Å². The number of Topliss-reactive ketones (excluding diaryl/α,β-unsaturated/α-hetero) is 1. The van der Waals surface area contributed by atoms with Gasteiger partial charge in [-0.15, -0.1) is 11.6 Å². The number of alkyl halides is 1. The summed E-state index contributed by atoms with van der Waals surface area (Å²) in [5.41, 5.74) is 10.7. The van der Waals surface area contributed by atoms with Crippen molar-refractivity contribution in [3.8, 4) is 5.75 Å². The van der Waals surface area contributed by atoms with E-state index in [0.717, 1.165) is 39.1 Å². The fourth-order valence-corrected chi connectivity index (χ4v) is 11.2. The summed E-state index contributed by atoms with van der Waals surface area (Å²) in [6.07, 6.45) is 1.22. The number of likely N-dealkylation sites (N-methyl/N-ethyl adjacent to an activating group) is 1. The van der Waals surface area contributed by atoms with Crippen LogP contribution in [0.15, 0.2) is 103 Å². The van der Waals surface area contributed by atoms with Crippen molar-refractivity contribution in [2.24, 2.45) is 17.6 Å². The van der Waals surface area contributed by atoms with Crippen LogP contribution in [0.5, 0.6) is 5.75 Å². The first-order chi connectivity index (χ1) is 45.5. The Labute approximate surface area is 551 Å². The van der Waals surface area contributed by atoms with E-state index in [-0.39, 0.29) is 127 Å². The van der Waals surface area contributed by atoms with Gasteiger partial charge in [-0.05, 0) is 97.5 Å². The molecule has 0 aliphatic carbocycles. The molecule has 10 amide bonds. The van der Waals surface area contributed by atoms with Gasteiger partial charge in [-0.3, -0.25) is 38.5 Å². The van der Waals surface area contributed by atoms with Crippen LogP contribution in [0.4, 0.5) is 36.2 Å². The summed E-state index contributed by atoms with van der Waals surface area (Å²) in [6, 6.07) is 22.2. The van der Waals surface area contributed by atoms with Gasteiger partial charge in [-0.25, -0.2) is 24.2 Å². The van der Waals surface area contributed by atoms with E-state index in [1.165, 1.54) is 23.0 Å². The van der Waals surface area contributed by atoms with Crippen molar-refractivity contribution in [1.82, 2.24) is 35.3 Å². The number of pyridine rings is 1. The summed E-state index contributed by atoms with van der Waals surface area (Å²) in [7, 11) is 1.46. The molecule has 4 aromatic carbocycles. The largest absolute Gasteiger partial charge is 0.481 e. The molecule has 2 aromatic heterocycles. The van der Waals surface area contributed by atoms with E-state index in [1.54, 1.807) is 79.4 Å². The number of nitrogens with two attached hydrogens (primary N) is 1. The number of carboxylic acids is 1. The highest BCUT2D eigenvalue weighted by molar-refractivity contribution is 6.20. The fourth-order valence-electron chi connectivity index (χ4n) is 10.9. The predicted octanol–water partition coefficient (Wildman–Crippen LogP) is 8.16. The average molecular weight is 1330 g/mol. The van der Waals surface area contributed by atoms with E-state index in [9.17, 15) is 57.8 Å². The van der Waals surface area contributed by atoms with Gasteiger partial charge in [-0.2, -0.15) is 0 Å². The van der Waals surface area contributed by atoms with E-state index in [0.29, 0.717) is 44.6 Å². The number of ketones is 1. The fraction of sp³-hybridized carbons (Fsp3) is 0.373. The maximum atomic E-state index is 14.6. The quantitative estimate of drug-likeness (QED) is 0.0123. The standard InChI is InChI=1S/C67H76ClN11O16/c1-39(2)59(75-65(89)93-30-29-92-28-27-78-54(81)21-22-55(78)82)52(80)33-44(10-7-23-70-64(69)88)62(86)72-47-19-15-42(16-20-47)38-94-66(90)76(5)25-26-77(24-8-12-56(83)84)67(91)95-53-34-51-58(57-41(4)9-6-11-49(53)57)46(35-68)37-79(51)63(87)50-32-45-31-48(36-71-60(45)74-50)73-61(85)43-17-13-40(3)14-18-43/h6,9,11,13-22,31-32,34,36,39,44,46,59H,7-8,10,12,23-30,33,35,37-38H2,1-5H3,(H,71,74)(H,72,86)(H,73,85)(H,75,89)(H,83,84)(H3,69,70,88)/t44-,46-,59+/m1/s1. The molecule has 28 heteroatoms. The maximum absolute atomic E-state index is 14.6. The van der Waals surface area contributed by atoms with Gasteiger partial charge < -0.3 is 70.7 Å². The van der Waals surface area contributed by atoms with Crippen LogP contribution in [0.2, 0.25) is 0 Å². The Morgan fingerprint density at radius 3 is 2.27 bits per heavy atom. The molecule has 6 aromatic rings. The lowest BCUT2D eigenvalue weighted by Gasteiger charge is -2.26. The second-order valence-electron chi connectivity index (χ2n) is 23.3. The Morgan fingerprint density at radius 2 is 1.58 bits per heavy atom. The second-order valence-corrected chi connectivity index (χ2v) is 23.6. The van der Waals surface area contributed by atoms with Crippen molar-refractivity contribution < 1.29 is 76.8 Å². The maximum Gasteiger partial charge on any atom is 0.415 e. The van der Waals surface area contributed by atoms with Crippen molar-refractivity contribution >= 4 is 116 Å². The Balaban J connectivity index is 0.869. The first-order valence-electron chi connectivity index (χ1n) is 30.9. The number of nitrogens with one attached hydrogen (secondary N) is 5. The van der Waals surface area contributed by atoms with Gasteiger partial charge in [0, 0.05) is 111 Å². The number of urea groups is 1. The minimum atomic E-state index is -1.08. The molecule has 0 bridgehead atoms. The van der Waals surface area contributed by atoms with Gasteiger partial charge in [-0.1, -0.05) is 61.9 Å². The highest BCUT2D eigenvalue weighted by Gasteiger charge is 2.37. The summed E-state index contributed by atoms with van der Waals surface area (Å²) in [6.45, 7) is 6.92. The Bertz CT molecular complexity index is 3880. The number of hydrogen-bond acceptors (Lipinski definition) is 16.